The van der Waals surface area contributed by atoms with Gasteiger partial charge in [-0.1, -0.05) is 23.7 Å². The molecule has 0 unspecified atom stereocenters. The molecule has 2 rings (SSSR count). The molecule has 2 aromatic carbocycles. The highest BCUT2D eigenvalue weighted by molar-refractivity contribution is 6.32. The van der Waals surface area contributed by atoms with Gasteiger partial charge in [-0.15, -0.1) is 0 Å². The average Bonchev–Trinajstić information content (AvgIpc) is 2.38. The van der Waals surface area contributed by atoms with Crippen LogP contribution in [0.15, 0.2) is 36.4 Å². The van der Waals surface area contributed by atoms with Gasteiger partial charge in [-0.3, -0.25) is 0 Å². The van der Waals surface area contributed by atoms with Crippen LogP contribution in [0.3, 0.4) is 0 Å². The number of benzene rings is 2. The van der Waals surface area contributed by atoms with Crippen molar-refractivity contribution in [2.24, 2.45) is 0 Å². The summed E-state index contributed by atoms with van der Waals surface area (Å²) in [5.41, 5.74) is 7.61. The summed E-state index contributed by atoms with van der Waals surface area (Å²) in [6, 6.07) is 11.1. The fourth-order valence-electron chi connectivity index (χ4n) is 1.78. The Kier molecular flexibility index (Phi) is 4.40. The minimum atomic E-state index is 0.0510. The SMILES string of the molecule is Cc1ccc(Cl)c(Oc2cccc(OC(C)C)c2N)c1. The highest BCUT2D eigenvalue weighted by Gasteiger charge is 2.11. The molecule has 0 saturated heterocycles. The minimum Gasteiger partial charge on any atom is -0.489 e. The molecule has 20 heavy (non-hydrogen) atoms. The zero-order valence-corrected chi connectivity index (χ0v) is 12.6. The number of halogens is 1. The van der Waals surface area contributed by atoms with Gasteiger partial charge in [0.15, 0.2) is 5.75 Å². The third-order valence-electron chi connectivity index (χ3n) is 2.70. The van der Waals surface area contributed by atoms with Crippen LogP contribution >= 0.6 is 11.6 Å². The molecule has 0 bridgehead atoms. The van der Waals surface area contributed by atoms with Crippen LogP contribution in [0.25, 0.3) is 0 Å². The summed E-state index contributed by atoms with van der Waals surface area (Å²) >= 11 is 6.13. The third kappa shape index (κ3) is 3.36. The molecule has 0 atom stereocenters. The van der Waals surface area contributed by atoms with Crippen LogP contribution in [-0.4, -0.2) is 6.10 Å². The van der Waals surface area contributed by atoms with Crippen LogP contribution in [-0.2, 0) is 0 Å². The maximum absolute atomic E-state index is 6.13. The first-order valence-electron chi connectivity index (χ1n) is 6.46. The van der Waals surface area contributed by atoms with Gasteiger partial charge in [0.2, 0.25) is 0 Å². The summed E-state index contributed by atoms with van der Waals surface area (Å²) in [5, 5.41) is 0.546. The Bertz CT molecular complexity index is 611. The lowest BCUT2D eigenvalue weighted by Crippen LogP contribution is -2.07. The number of nitrogen functional groups attached to an aromatic ring is 1. The van der Waals surface area contributed by atoms with Gasteiger partial charge in [-0.2, -0.15) is 0 Å². The second-order valence-electron chi connectivity index (χ2n) is 4.87. The number of ether oxygens (including phenoxy) is 2. The molecule has 0 amide bonds. The molecule has 0 aliphatic heterocycles. The average molecular weight is 292 g/mol. The van der Waals surface area contributed by atoms with Crippen LogP contribution < -0.4 is 15.2 Å². The van der Waals surface area contributed by atoms with E-state index in [1.54, 1.807) is 12.1 Å². The monoisotopic (exact) mass is 291 g/mol. The fourth-order valence-corrected chi connectivity index (χ4v) is 1.93. The van der Waals surface area contributed by atoms with Gasteiger partial charge >= 0.3 is 0 Å². The van der Waals surface area contributed by atoms with Crippen molar-refractivity contribution in [3.8, 4) is 17.2 Å². The van der Waals surface area contributed by atoms with Crippen LogP contribution in [0.4, 0.5) is 5.69 Å². The van der Waals surface area contributed by atoms with Gasteiger partial charge in [-0.25, -0.2) is 0 Å². The molecule has 2 aromatic rings. The molecule has 2 N–H and O–H groups in total. The number of para-hydroxylation sites is 1. The van der Waals surface area contributed by atoms with Crippen LogP contribution in [0.5, 0.6) is 17.2 Å². The molecule has 0 aliphatic carbocycles. The Morgan fingerprint density at radius 2 is 1.75 bits per heavy atom. The summed E-state index contributed by atoms with van der Waals surface area (Å²) in [7, 11) is 0. The largest absolute Gasteiger partial charge is 0.489 e. The molecule has 0 radical (unpaired) electrons. The maximum atomic E-state index is 6.13. The first-order chi connectivity index (χ1) is 9.47. The number of rotatable bonds is 4. The lowest BCUT2D eigenvalue weighted by molar-refractivity contribution is 0.243. The second-order valence-corrected chi connectivity index (χ2v) is 5.28. The van der Waals surface area contributed by atoms with Crippen molar-refractivity contribution in [2.75, 3.05) is 5.73 Å². The fraction of sp³-hybridized carbons (Fsp3) is 0.250. The predicted molar refractivity (Wildman–Crippen MR) is 82.9 cm³/mol. The molecule has 106 valence electrons. The van der Waals surface area contributed by atoms with E-state index in [0.29, 0.717) is 28.0 Å². The van der Waals surface area contributed by atoms with E-state index >= 15 is 0 Å². The van der Waals surface area contributed by atoms with E-state index in [9.17, 15) is 0 Å². The summed E-state index contributed by atoms with van der Waals surface area (Å²) in [6.45, 7) is 5.87. The van der Waals surface area contributed by atoms with Crippen molar-refractivity contribution < 1.29 is 9.47 Å². The van der Waals surface area contributed by atoms with E-state index in [1.165, 1.54) is 0 Å². The van der Waals surface area contributed by atoms with Gasteiger partial charge in [0.1, 0.15) is 17.2 Å². The Labute approximate surface area is 124 Å². The summed E-state index contributed by atoms with van der Waals surface area (Å²) < 4.78 is 11.4. The molecule has 0 fully saturated rings. The molecule has 0 aliphatic rings. The third-order valence-corrected chi connectivity index (χ3v) is 3.01. The van der Waals surface area contributed by atoms with E-state index in [2.05, 4.69) is 0 Å². The molecular formula is C16H18ClNO2. The molecule has 0 heterocycles. The lowest BCUT2D eigenvalue weighted by atomic mass is 10.2. The number of anilines is 1. The van der Waals surface area contributed by atoms with Gasteiger partial charge in [-0.05, 0) is 50.6 Å². The highest BCUT2D eigenvalue weighted by Crippen LogP contribution is 2.37. The Morgan fingerprint density at radius 3 is 2.45 bits per heavy atom. The standard InChI is InChI=1S/C16H18ClNO2/c1-10(2)19-13-5-4-6-14(16(13)18)20-15-9-11(3)7-8-12(15)17/h4-10H,18H2,1-3H3. The van der Waals surface area contributed by atoms with Gasteiger partial charge < -0.3 is 15.2 Å². The highest BCUT2D eigenvalue weighted by atomic mass is 35.5. The lowest BCUT2D eigenvalue weighted by Gasteiger charge is -2.15. The van der Waals surface area contributed by atoms with E-state index in [4.69, 9.17) is 26.8 Å². The van der Waals surface area contributed by atoms with Crippen molar-refractivity contribution in [1.82, 2.24) is 0 Å². The van der Waals surface area contributed by atoms with Crippen molar-refractivity contribution >= 4 is 17.3 Å². The second kappa shape index (κ2) is 6.06. The van der Waals surface area contributed by atoms with Gasteiger partial charge in [0, 0.05) is 0 Å². The van der Waals surface area contributed by atoms with Crippen molar-refractivity contribution in [1.29, 1.82) is 0 Å². The first-order valence-corrected chi connectivity index (χ1v) is 6.84. The zero-order chi connectivity index (χ0) is 14.7. The molecule has 0 saturated carbocycles. The molecule has 0 aromatic heterocycles. The quantitative estimate of drug-likeness (QED) is 0.822. The van der Waals surface area contributed by atoms with Crippen LogP contribution in [0, 0.1) is 6.92 Å². The molecule has 3 nitrogen and oxygen atoms in total. The van der Waals surface area contributed by atoms with Gasteiger partial charge in [0.25, 0.3) is 0 Å². The number of nitrogens with two attached hydrogens (primary N) is 1. The zero-order valence-electron chi connectivity index (χ0n) is 11.8. The number of hydrogen-bond donors (Lipinski definition) is 1. The topological polar surface area (TPSA) is 44.5 Å². The van der Waals surface area contributed by atoms with Crippen molar-refractivity contribution in [3.05, 3.63) is 47.0 Å². The Balaban J connectivity index is 2.32. The number of hydrogen-bond acceptors (Lipinski definition) is 3. The number of aryl methyl sites for hydroxylation is 1. The minimum absolute atomic E-state index is 0.0510. The smallest absolute Gasteiger partial charge is 0.154 e. The summed E-state index contributed by atoms with van der Waals surface area (Å²) in [6.07, 6.45) is 0.0510. The molecule has 4 heteroatoms. The predicted octanol–water partition coefficient (Wildman–Crippen LogP) is 4.81. The van der Waals surface area contributed by atoms with Gasteiger partial charge in [0.05, 0.1) is 11.1 Å². The van der Waals surface area contributed by atoms with Crippen molar-refractivity contribution in [3.63, 3.8) is 0 Å². The van der Waals surface area contributed by atoms with Crippen LogP contribution in [0.2, 0.25) is 5.02 Å². The Morgan fingerprint density at radius 1 is 1.05 bits per heavy atom. The normalized spacial score (nSPS) is 10.7. The van der Waals surface area contributed by atoms with Crippen LogP contribution in [0.1, 0.15) is 19.4 Å². The maximum Gasteiger partial charge on any atom is 0.154 e. The molecular weight excluding hydrogens is 274 g/mol. The summed E-state index contributed by atoms with van der Waals surface area (Å²) in [4.78, 5) is 0. The van der Waals surface area contributed by atoms with E-state index < -0.39 is 0 Å². The van der Waals surface area contributed by atoms with Crippen molar-refractivity contribution in [2.45, 2.75) is 26.9 Å². The van der Waals surface area contributed by atoms with E-state index in [-0.39, 0.29) is 6.10 Å². The summed E-state index contributed by atoms with van der Waals surface area (Å²) in [5.74, 6) is 1.73. The van der Waals surface area contributed by atoms with E-state index in [1.807, 2.05) is 45.0 Å². The Hall–Kier alpha value is -1.87. The molecule has 0 spiro atoms. The first kappa shape index (κ1) is 14.5. The van der Waals surface area contributed by atoms with E-state index in [0.717, 1.165) is 5.56 Å².